The molecule has 1 aliphatic rings. The standard InChI is InChI=1S/C16H21ClN2O5/c1-16(2,3)24-15(20)18-7-4-8-23-10-14(18)12-9-11(19(21)22)5-6-13(12)17/h5-6,9,14H,4,7-8,10H2,1-3H3/t14-/m0/s1. The normalized spacial score (nSPS) is 18.8. The van der Waals surface area contributed by atoms with Gasteiger partial charge in [0.05, 0.1) is 17.6 Å². The summed E-state index contributed by atoms with van der Waals surface area (Å²) in [4.78, 5) is 24.6. The molecule has 1 amide bonds. The van der Waals surface area contributed by atoms with E-state index in [0.717, 1.165) is 0 Å². The third-order valence-corrected chi connectivity index (χ3v) is 3.86. The molecule has 7 nitrogen and oxygen atoms in total. The number of hydrogen-bond donors (Lipinski definition) is 0. The maximum absolute atomic E-state index is 12.6. The van der Waals surface area contributed by atoms with Gasteiger partial charge in [0.25, 0.3) is 5.69 Å². The molecule has 2 rings (SSSR count). The maximum Gasteiger partial charge on any atom is 0.410 e. The van der Waals surface area contributed by atoms with Crippen LogP contribution < -0.4 is 0 Å². The number of hydrogen-bond acceptors (Lipinski definition) is 5. The summed E-state index contributed by atoms with van der Waals surface area (Å²) in [6.07, 6.45) is 0.169. The SMILES string of the molecule is CC(C)(C)OC(=O)N1CCCOC[C@H]1c1cc([N+](=O)[O-])ccc1Cl. The van der Waals surface area contributed by atoms with Gasteiger partial charge in [0.1, 0.15) is 5.60 Å². The number of nitro benzene ring substituents is 1. The van der Waals surface area contributed by atoms with Crippen LogP contribution in [0.25, 0.3) is 0 Å². The van der Waals surface area contributed by atoms with Gasteiger partial charge >= 0.3 is 6.09 Å². The highest BCUT2D eigenvalue weighted by molar-refractivity contribution is 6.31. The number of amides is 1. The minimum absolute atomic E-state index is 0.0808. The van der Waals surface area contributed by atoms with E-state index in [1.54, 1.807) is 20.8 Å². The number of non-ortho nitro benzene ring substituents is 1. The second-order valence-corrected chi connectivity index (χ2v) is 6.99. The maximum atomic E-state index is 12.6. The van der Waals surface area contributed by atoms with E-state index < -0.39 is 22.7 Å². The first-order valence-electron chi connectivity index (χ1n) is 7.70. The van der Waals surface area contributed by atoms with Crippen LogP contribution in [0.5, 0.6) is 0 Å². The quantitative estimate of drug-likeness (QED) is 0.592. The van der Waals surface area contributed by atoms with Crippen LogP contribution in [-0.2, 0) is 9.47 Å². The molecule has 1 saturated heterocycles. The van der Waals surface area contributed by atoms with Gasteiger partial charge in [-0.15, -0.1) is 0 Å². The highest BCUT2D eigenvalue weighted by Gasteiger charge is 2.32. The molecule has 1 aliphatic heterocycles. The molecule has 0 aliphatic carbocycles. The molecule has 0 aromatic heterocycles. The summed E-state index contributed by atoms with van der Waals surface area (Å²) in [6, 6.07) is 3.66. The molecule has 1 atom stereocenters. The molecule has 1 aromatic rings. The van der Waals surface area contributed by atoms with Crippen molar-refractivity contribution in [1.82, 2.24) is 4.90 Å². The Labute approximate surface area is 145 Å². The fourth-order valence-corrected chi connectivity index (χ4v) is 2.72. The first-order chi connectivity index (χ1) is 11.2. The van der Waals surface area contributed by atoms with Crippen LogP contribution in [0.3, 0.4) is 0 Å². The fraction of sp³-hybridized carbons (Fsp3) is 0.562. The Morgan fingerprint density at radius 3 is 2.79 bits per heavy atom. The van der Waals surface area contributed by atoms with Crippen molar-refractivity contribution in [1.29, 1.82) is 0 Å². The van der Waals surface area contributed by atoms with Crippen LogP contribution >= 0.6 is 11.6 Å². The van der Waals surface area contributed by atoms with Gasteiger partial charge < -0.3 is 9.47 Å². The van der Waals surface area contributed by atoms with E-state index in [1.165, 1.54) is 23.1 Å². The monoisotopic (exact) mass is 356 g/mol. The van der Waals surface area contributed by atoms with Crippen molar-refractivity contribution in [2.75, 3.05) is 19.8 Å². The summed E-state index contributed by atoms with van der Waals surface area (Å²) >= 11 is 6.23. The molecule has 0 unspecified atom stereocenters. The van der Waals surface area contributed by atoms with Crippen LogP contribution in [0.15, 0.2) is 18.2 Å². The van der Waals surface area contributed by atoms with Crippen molar-refractivity contribution in [3.8, 4) is 0 Å². The third-order valence-electron chi connectivity index (χ3n) is 3.52. The molecular formula is C16H21ClN2O5. The number of rotatable bonds is 2. The fourth-order valence-electron chi connectivity index (χ4n) is 2.47. The molecule has 1 fully saturated rings. The van der Waals surface area contributed by atoms with E-state index >= 15 is 0 Å². The van der Waals surface area contributed by atoms with E-state index in [0.29, 0.717) is 30.2 Å². The molecule has 0 radical (unpaired) electrons. The predicted octanol–water partition coefficient (Wildman–Crippen LogP) is 3.95. The number of benzene rings is 1. The highest BCUT2D eigenvalue weighted by Crippen LogP contribution is 2.33. The highest BCUT2D eigenvalue weighted by atomic mass is 35.5. The molecule has 1 heterocycles. The first kappa shape index (κ1) is 18.5. The molecule has 0 saturated carbocycles. The number of nitro groups is 1. The lowest BCUT2D eigenvalue weighted by molar-refractivity contribution is -0.385. The van der Waals surface area contributed by atoms with Gasteiger partial charge in [-0.3, -0.25) is 15.0 Å². The number of nitrogens with zero attached hydrogens (tertiary/aromatic N) is 2. The largest absolute Gasteiger partial charge is 0.444 e. The van der Waals surface area contributed by atoms with E-state index in [9.17, 15) is 14.9 Å². The molecule has 132 valence electrons. The van der Waals surface area contributed by atoms with Crippen molar-refractivity contribution < 1.29 is 19.2 Å². The summed E-state index contributed by atoms with van der Waals surface area (Å²) in [6.45, 7) is 6.50. The van der Waals surface area contributed by atoms with E-state index in [2.05, 4.69) is 0 Å². The zero-order valence-corrected chi connectivity index (χ0v) is 14.7. The smallest absolute Gasteiger partial charge is 0.410 e. The summed E-state index contributed by atoms with van der Waals surface area (Å²) in [5.74, 6) is 0. The number of carbonyl (C=O) groups is 1. The molecule has 0 spiro atoms. The van der Waals surface area contributed by atoms with Crippen molar-refractivity contribution >= 4 is 23.4 Å². The Morgan fingerprint density at radius 1 is 1.46 bits per heavy atom. The van der Waals surface area contributed by atoms with Crippen molar-refractivity contribution in [2.24, 2.45) is 0 Å². The van der Waals surface area contributed by atoms with Gasteiger partial charge in [0, 0.05) is 35.9 Å². The average Bonchev–Trinajstić information content (AvgIpc) is 2.71. The van der Waals surface area contributed by atoms with Gasteiger partial charge in [-0.1, -0.05) is 11.6 Å². The van der Waals surface area contributed by atoms with Crippen molar-refractivity contribution in [3.05, 3.63) is 38.9 Å². The Bertz CT molecular complexity index is 629. The Kier molecular flexibility index (Phi) is 5.66. The van der Waals surface area contributed by atoms with Crippen LogP contribution in [0, 0.1) is 10.1 Å². The van der Waals surface area contributed by atoms with E-state index in [4.69, 9.17) is 21.1 Å². The second-order valence-electron chi connectivity index (χ2n) is 6.58. The Hall–Kier alpha value is -1.86. The number of ether oxygens (including phenoxy) is 2. The Balaban J connectivity index is 2.38. The van der Waals surface area contributed by atoms with E-state index in [1.807, 2.05) is 0 Å². The van der Waals surface area contributed by atoms with Crippen molar-refractivity contribution in [2.45, 2.75) is 38.8 Å². The first-order valence-corrected chi connectivity index (χ1v) is 8.08. The minimum Gasteiger partial charge on any atom is -0.444 e. The lowest BCUT2D eigenvalue weighted by atomic mass is 10.1. The summed E-state index contributed by atoms with van der Waals surface area (Å²) < 4.78 is 11.0. The van der Waals surface area contributed by atoms with Crippen LogP contribution in [0.2, 0.25) is 5.02 Å². The van der Waals surface area contributed by atoms with Crippen LogP contribution in [-0.4, -0.2) is 41.3 Å². The van der Waals surface area contributed by atoms with Gasteiger partial charge in [-0.25, -0.2) is 4.79 Å². The van der Waals surface area contributed by atoms with Gasteiger partial charge in [-0.2, -0.15) is 0 Å². The molecule has 8 heteroatoms. The van der Waals surface area contributed by atoms with E-state index in [-0.39, 0.29) is 12.3 Å². The van der Waals surface area contributed by atoms with Crippen molar-refractivity contribution in [3.63, 3.8) is 0 Å². The number of halogens is 1. The van der Waals surface area contributed by atoms with Gasteiger partial charge in [0.2, 0.25) is 0 Å². The summed E-state index contributed by atoms with van der Waals surface area (Å²) in [5.41, 5.74) is -0.234. The number of carbonyl (C=O) groups excluding carboxylic acids is 1. The molecule has 1 aromatic carbocycles. The molecule has 0 N–H and O–H groups in total. The second kappa shape index (κ2) is 7.36. The topological polar surface area (TPSA) is 81.9 Å². The summed E-state index contributed by atoms with van der Waals surface area (Å²) in [7, 11) is 0. The zero-order chi connectivity index (χ0) is 17.9. The van der Waals surface area contributed by atoms with Gasteiger partial charge in [0.15, 0.2) is 0 Å². The Morgan fingerprint density at radius 2 is 2.17 bits per heavy atom. The molecule has 24 heavy (non-hydrogen) atoms. The third kappa shape index (κ3) is 4.58. The van der Waals surface area contributed by atoms with Gasteiger partial charge in [-0.05, 0) is 33.3 Å². The average molecular weight is 357 g/mol. The lowest BCUT2D eigenvalue weighted by Gasteiger charge is -2.32. The molecule has 0 bridgehead atoms. The zero-order valence-electron chi connectivity index (χ0n) is 14.0. The predicted molar refractivity (Wildman–Crippen MR) is 89.2 cm³/mol. The molecular weight excluding hydrogens is 336 g/mol. The van der Waals surface area contributed by atoms with Crippen LogP contribution in [0.1, 0.15) is 38.8 Å². The van der Waals surface area contributed by atoms with Crippen LogP contribution in [0.4, 0.5) is 10.5 Å². The minimum atomic E-state index is -0.638. The summed E-state index contributed by atoms with van der Waals surface area (Å²) in [5, 5.41) is 11.4. The lowest BCUT2D eigenvalue weighted by Crippen LogP contribution is -2.40.